The van der Waals surface area contributed by atoms with Crippen molar-refractivity contribution in [2.75, 3.05) is 16.8 Å². The first-order valence-corrected chi connectivity index (χ1v) is 7.63. The van der Waals surface area contributed by atoms with Gasteiger partial charge in [-0.3, -0.25) is 9.59 Å². The average molecular weight is 351 g/mol. The lowest BCUT2D eigenvalue weighted by Crippen LogP contribution is -2.28. The summed E-state index contributed by atoms with van der Waals surface area (Å²) in [6.45, 7) is 0.158. The smallest absolute Gasteiger partial charge is 0.229 e. The zero-order valence-corrected chi connectivity index (χ0v) is 13.2. The minimum atomic E-state index is -0.643. The van der Waals surface area contributed by atoms with Crippen LogP contribution in [0.25, 0.3) is 0 Å². The minimum Gasteiger partial charge on any atom is -0.323 e. The number of nitrogens with zero attached hydrogens (tertiary/aromatic N) is 1. The van der Waals surface area contributed by atoms with Crippen molar-refractivity contribution in [3.05, 3.63) is 59.1 Å². The lowest BCUT2D eigenvalue weighted by molar-refractivity contribution is -0.122. The Morgan fingerprint density at radius 1 is 1.17 bits per heavy atom. The molecule has 1 heterocycles. The standard InChI is InChI=1S/C17H13ClF2N2O2/c18-11-1-6-15(14(20)8-11)21-17(24)10-7-16(23)22(9-10)13-4-2-12(19)3-5-13/h1-6,8,10H,7,9H2,(H,21,24)/t10-/m1/s1. The molecule has 1 fully saturated rings. The van der Waals surface area contributed by atoms with E-state index in [0.29, 0.717) is 5.69 Å². The van der Waals surface area contributed by atoms with Crippen LogP contribution in [0.4, 0.5) is 20.2 Å². The third kappa shape index (κ3) is 3.38. The first-order chi connectivity index (χ1) is 11.4. The van der Waals surface area contributed by atoms with Crippen LogP contribution in [0.3, 0.4) is 0 Å². The summed E-state index contributed by atoms with van der Waals surface area (Å²) in [4.78, 5) is 25.8. The number of hydrogen-bond acceptors (Lipinski definition) is 2. The molecular weight excluding hydrogens is 338 g/mol. The van der Waals surface area contributed by atoms with Gasteiger partial charge in [0.05, 0.1) is 11.6 Å². The zero-order chi connectivity index (χ0) is 17.3. The topological polar surface area (TPSA) is 49.4 Å². The second-order valence-corrected chi connectivity index (χ2v) is 5.93. The third-order valence-electron chi connectivity index (χ3n) is 3.82. The lowest BCUT2D eigenvalue weighted by atomic mass is 10.1. The van der Waals surface area contributed by atoms with Crippen molar-refractivity contribution in [1.29, 1.82) is 0 Å². The van der Waals surface area contributed by atoms with E-state index in [1.54, 1.807) is 0 Å². The van der Waals surface area contributed by atoms with Crippen molar-refractivity contribution in [2.45, 2.75) is 6.42 Å². The van der Waals surface area contributed by atoms with E-state index in [0.717, 1.165) is 6.07 Å². The second-order valence-electron chi connectivity index (χ2n) is 5.50. The van der Waals surface area contributed by atoms with Gasteiger partial charge in [-0.2, -0.15) is 0 Å². The average Bonchev–Trinajstić information content (AvgIpc) is 2.93. The molecule has 0 radical (unpaired) electrons. The molecule has 1 atom stereocenters. The van der Waals surface area contributed by atoms with Crippen molar-refractivity contribution >= 4 is 34.8 Å². The van der Waals surface area contributed by atoms with Crippen molar-refractivity contribution in [3.63, 3.8) is 0 Å². The molecule has 1 aliphatic heterocycles. The largest absolute Gasteiger partial charge is 0.323 e. The molecule has 0 unspecified atom stereocenters. The van der Waals surface area contributed by atoms with Crippen molar-refractivity contribution in [2.24, 2.45) is 5.92 Å². The molecule has 124 valence electrons. The summed E-state index contributed by atoms with van der Waals surface area (Å²) in [5.74, 6) is -2.35. The van der Waals surface area contributed by atoms with Gasteiger partial charge in [-0.1, -0.05) is 11.6 Å². The van der Waals surface area contributed by atoms with Crippen molar-refractivity contribution in [1.82, 2.24) is 0 Å². The maximum absolute atomic E-state index is 13.7. The summed E-state index contributed by atoms with van der Waals surface area (Å²) in [5, 5.41) is 2.70. The molecule has 2 aromatic carbocycles. The van der Waals surface area contributed by atoms with E-state index < -0.39 is 23.5 Å². The highest BCUT2D eigenvalue weighted by atomic mass is 35.5. The van der Waals surface area contributed by atoms with Gasteiger partial charge in [0.25, 0.3) is 0 Å². The van der Waals surface area contributed by atoms with E-state index >= 15 is 0 Å². The Kier molecular flexibility index (Phi) is 4.49. The van der Waals surface area contributed by atoms with Crippen molar-refractivity contribution in [3.8, 4) is 0 Å². The molecule has 2 aromatic rings. The first kappa shape index (κ1) is 16.4. The molecule has 0 spiro atoms. The fourth-order valence-corrected chi connectivity index (χ4v) is 2.74. The highest BCUT2D eigenvalue weighted by Gasteiger charge is 2.35. The normalized spacial score (nSPS) is 17.2. The van der Waals surface area contributed by atoms with E-state index in [1.807, 2.05) is 0 Å². The van der Waals surface area contributed by atoms with Gasteiger partial charge in [0.2, 0.25) is 11.8 Å². The monoisotopic (exact) mass is 350 g/mol. The molecule has 3 rings (SSSR count). The number of hydrogen-bond donors (Lipinski definition) is 1. The first-order valence-electron chi connectivity index (χ1n) is 7.26. The van der Waals surface area contributed by atoms with Gasteiger partial charge in [0, 0.05) is 23.7 Å². The molecule has 0 aromatic heterocycles. The number of anilines is 2. The predicted octanol–water partition coefficient (Wildman–Crippen LogP) is 3.61. The third-order valence-corrected chi connectivity index (χ3v) is 4.06. The maximum Gasteiger partial charge on any atom is 0.229 e. The van der Waals surface area contributed by atoms with Crippen molar-refractivity contribution < 1.29 is 18.4 Å². The van der Waals surface area contributed by atoms with Gasteiger partial charge in [-0.05, 0) is 42.5 Å². The maximum atomic E-state index is 13.7. The zero-order valence-electron chi connectivity index (χ0n) is 12.4. The molecule has 1 N–H and O–H groups in total. The fourth-order valence-electron chi connectivity index (χ4n) is 2.58. The van der Waals surface area contributed by atoms with E-state index in [4.69, 9.17) is 11.6 Å². The lowest BCUT2D eigenvalue weighted by Gasteiger charge is -2.16. The SMILES string of the molecule is O=C(Nc1ccc(Cl)cc1F)[C@@H]1CC(=O)N(c2ccc(F)cc2)C1. The Bertz CT molecular complexity index is 796. The molecule has 7 heteroatoms. The number of rotatable bonds is 3. The quantitative estimate of drug-likeness (QED) is 0.919. The number of carbonyl (C=O) groups excluding carboxylic acids is 2. The Labute approximate surface area is 142 Å². The Balaban J connectivity index is 1.70. The van der Waals surface area contributed by atoms with E-state index in [-0.39, 0.29) is 29.6 Å². The van der Waals surface area contributed by atoms with Gasteiger partial charge in [0.15, 0.2) is 0 Å². The highest BCUT2D eigenvalue weighted by Crippen LogP contribution is 2.27. The minimum absolute atomic E-state index is 0.0112. The molecule has 24 heavy (non-hydrogen) atoms. The summed E-state index contributed by atoms with van der Waals surface area (Å²) in [7, 11) is 0. The Morgan fingerprint density at radius 2 is 1.88 bits per heavy atom. The molecule has 2 amide bonds. The molecule has 1 aliphatic rings. The van der Waals surface area contributed by atoms with Gasteiger partial charge in [-0.15, -0.1) is 0 Å². The molecule has 0 bridgehead atoms. The van der Waals surface area contributed by atoms with Crippen LogP contribution < -0.4 is 10.2 Å². The van der Waals surface area contributed by atoms with Crippen LogP contribution in [0, 0.1) is 17.6 Å². The van der Waals surface area contributed by atoms with Crippen LogP contribution >= 0.6 is 11.6 Å². The molecule has 0 saturated carbocycles. The molecular formula is C17H13ClF2N2O2. The van der Waals surface area contributed by atoms with Crippen LogP contribution in [0.1, 0.15) is 6.42 Å². The second kappa shape index (κ2) is 6.57. The van der Waals surface area contributed by atoms with Gasteiger partial charge in [0.1, 0.15) is 11.6 Å². The summed E-state index contributed by atoms with van der Waals surface area (Å²) in [6.07, 6.45) is 0.0123. The van der Waals surface area contributed by atoms with E-state index in [9.17, 15) is 18.4 Å². The van der Waals surface area contributed by atoms with Crippen LogP contribution in [0.15, 0.2) is 42.5 Å². The number of benzene rings is 2. The number of amides is 2. The van der Waals surface area contributed by atoms with Crippen LogP contribution in [0.2, 0.25) is 5.02 Å². The number of carbonyl (C=O) groups is 2. The van der Waals surface area contributed by atoms with Gasteiger partial charge >= 0.3 is 0 Å². The highest BCUT2D eigenvalue weighted by molar-refractivity contribution is 6.30. The van der Waals surface area contributed by atoms with Gasteiger partial charge < -0.3 is 10.2 Å². The summed E-state index contributed by atoms with van der Waals surface area (Å²) < 4.78 is 26.7. The summed E-state index contributed by atoms with van der Waals surface area (Å²) in [5.41, 5.74) is 0.534. The Morgan fingerprint density at radius 3 is 2.54 bits per heavy atom. The summed E-state index contributed by atoms with van der Waals surface area (Å²) >= 11 is 5.67. The van der Waals surface area contributed by atoms with Crippen LogP contribution in [-0.2, 0) is 9.59 Å². The predicted molar refractivity (Wildman–Crippen MR) is 86.9 cm³/mol. The molecule has 0 aliphatic carbocycles. The molecule has 1 saturated heterocycles. The Hall–Kier alpha value is -2.47. The van der Waals surface area contributed by atoms with Gasteiger partial charge in [-0.25, -0.2) is 8.78 Å². The number of nitrogens with one attached hydrogen (secondary N) is 1. The van der Waals surface area contributed by atoms with Crippen LogP contribution in [0.5, 0.6) is 0 Å². The summed E-state index contributed by atoms with van der Waals surface area (Å²) in [6, 6.07) is 9.38. The van der Waals surface area contributed by atoms with E-state index in [1.165, 1.54) is 41.3 Å². The fraction of sp³-hybridized carbons (Fsp3) is 0.176. The number of halogens is 3. The van der Waals surface area contributed by atoms with Crippen LogP contribution in [-0.4, -0.2) is 18.4 Å². The van der Waals surface area contributed by atoms with E-state index in [2.05, 4.69) is 5.32 Å². The molecule has 4 nitrogen and oxygen atoms in total.